The molecule has 0 aliphatic heterocycles. The van der Waals surface area contributed by atoms with Crippen molar-refractivity contribution in [1.82, 2.24) is 5.43 Å². The predicted molar refractivity (Wildman–Crippen MR) is 93.1 cm³/mol. The number of rotatable bonds is 6. The third-order valence-electron chi connectivity index (χ3n) is 3.63. The monoisotopic (exact) mass is 329 g/mol. The Bertz CT molecular complexity index is 743. The Hall–Kier alpha value is -2.89. The first kappa shape index (κ1) is 17.5. The highest BCUT2D eigenvalue weighted by Gasteiger charge is 2.09. The SMILES string of the molecule is CCN(CC)c1ccc(/C=N/NC(=O)c2ccccc2F)c(O)c1. The Morgan fingerprint density at radius 2 is 1.96 bits per heavy atom. The van der Waals surface area contributed by atoms with Crippen LogP contribution in [0.5, 0.6) is 5.75 Å². The molecule has 2 rings (SSSR count). The zero-order valence-electron chi connectivity index (χ0n) is 13.7. The highest BCUT2D eigenvalue weighted by Crippen LogP contribution is 2.23. The Kier molecular flexibility index (Phi) is 5.89. The standard InChI is InChI=1S/C18H20FN3O2/c1-3-22(4-2)14-10-9-13(17(23)11-14)12-20-21-18(24)15-7-5-6-8-16(15)19/h5-12,23H,3-4H2,1-2H3,(H,21,24)/b20-12+. The first-order chi connectivity index (χ1) is 11.6. The maximum Gasteiger partial charge on any atom is 0.274 e. The van der Waals surface area contributed by atoms with Crippen molar-refractivity contribution in [2.24, 2.45) is 5.10 Å². The second-order valence-corrected chi connectivity index (χ2v) is 5.09. The number of nitrogens with one attached hydrogen (secondary N) is 1. The van der Waals surface area contributed by atoms with Crippen molar-refractivity contribution in [3.8, 4) is 5.75 Å². The quantitative estimate of drug-likeness (QED) is 0.632. The molecule has 1 amide bonds. The van der Waals surface area contributed by atoms with Crippen molar-refractivity contribution in [3.63, 3.8) is 0 Å². The number of phenolic OH excluding ortho intramolecular Hbond substituents is 1. The molecule has 0 aliphatic rings. The van der Waals surface area contributed by atoms with Crippen molar-refractivity contribution in [2.45, 2.75) is 13.8 Å². The zero-order valence-corrected chi connectivity index (χ0v) is 13.7. The third-order valence-corrected chi connectivity index (χ3v) is 3.63. The van der Waals surface area contributed by atoms with Gasteiger partial charge in [0.2, 0.25) is 0 Å². The number of anilines is 1. The summed E-state index contributed by atoms with van der Waals surface area (Å²) in [6, 6.07) is 10.9. The minimum absolute atomic E-state index is 0.0586. The summed E-state index contributed by atoms with van der Waals surface area (Å²) in [5.41, 5.74) is 3.52. The highest BCUT2D eigenvalue weighted by atomic mass is 19.1. The van der Waals surface area contributed by atoms with Gasteiger partial charge in [-0.15, -0.1) is 0 Å². The molecule has 2 aromatic carbocycles. The van der Waals surface area contributed by atoms with Crippen molar-refractivity contribution >= 4 is 17.8 Å². The topological polar surface area (TPSA) is 64.9 Å². The van der Waals surface area contributed by atoms with Gasteiger partial charge in [-0.1, -0.05) is 12.1 Å². The molecule has 0 aromatic heterocycles. The minimum atomic E-state index is -0.649. The lowest BCUT2D eigenvalue weighted by Gasteiger charge is -2.21. The molecule has 126 valence electrons. The second-order valence-electron chi connectivity index (χ2n) is 5.09. The van der Waals surface area contributed by atoms with E-state index in [2.05, 4.69) is 15.4 Å². The summed E-state index contributed by atoms with van der Waals surface area (Å²) in [4.78, 5) is 13.9. The first-order valence-electron chi connectivity index (χ1n) is 7.72. The van der Waals surface area contributed by atoms with Crippen LogP contribution in [0.1, 0.15) is 29.8 Å². The first-order valence-corrected chi connectivity index (χ1v) is 7.72. The van der Waals surface area contributed by atoms with E-state index in [-0.39, 0.29) is 11.3 Å². The summed E-state index contributed by atoms with van der Waals surface area (Å²) in [7, 11) is 0. The summed E-state index contributed by atoms with van der Waals surface area (Å²) in [6.45, 7) is 5.74. The maximum absolute atomic E-state index is 13.5. The van der Waals surface area contributed by atoms with Gasteiger partial charge in [0.25, 0.3) is 5.91 Å². The lowest BCUT2D eigenvalue weighted by Crippen LogP contribution is -2.21. The molecule has 24 heavy (non-hydrogen) atoms. The van der Waals surface area contributed by atoms with Gasteiger partial charge in [0, 0.05) is 30.4 Å². The maximum atomic E-state index is 13.5. The average molecular weight is 329 g/mol. The molecule has 2 N–H and O–H groups in total. The summed E-state index contributed by atoms with van der Waals surface area (Å²) in [5, 5.41) is 13.8. The summed E-state index contributed by atoms with van der Waals surface area (Å²) < 4.78 is 13.5. The van der Waals surface area contributed by atoms with Gasteiger partial charge in [-0.3, -0.25) is 4.79 Å². The van der Waals surface area contributed by atoms with E-state index in [9.17, 15) is 14.3 Å². The molecular weight excluding hydrogens is 309 g/mol. The molecular formula is C18H20FN3O2. The number of carbonyl (C=O) groups excluding carboxylic acids is 1. The van der Waals surface area contributed by atoms with E-state index in [1.165, 1.54) is 24.4 Å². The number of phenols is 1. The number of amides is 1. The number of hydrazone groups is 1. The van der Waals surface area contributed by atoms with Crippen molar-refractivity contribution in [1.29, 1.82) is 0 Å². The van der Waals surface area contributed by atoms with Crippen LogP contribution in [0, 0.1) is 5.82 Å². The summed E-state index contributed by atoms with van der Waals surface area (Å²) >= 11 is 0. The van der Waals surface area contributed by atoms with Gasteiger partial charge in [-0.25, -0.2) is 9.82 Å². The summed E-state index contributed by atoms with van der Waals surface area (Å²) in [6.07, 6.45) is 1.32. The predicted octanol–water partition coefficient (Wildman–Crippen LogP) is 3.14. The lowest BCUT2D eigenvalue weighted by molar-refractivity contribution is 0.0951. The fraction of sp³-hybridized carbons (Fsp3) is 0.222. The average Bonchev–Trinajstić information content (AvgIpc) is 2.58. The van der Waals surface area contributed by atoms with Gasteiger partial charge in [0.05, 0.1) is 11.8 Å². The Morgan fingerprint density at radius 3 is 2.58 bits per heavy atom. The molecule has 0 saturated carbocycles. The fourth-order valence-corrected chi connectivity index (χ4v) is 2.29. The van der Waals surface area contributed by atoms with Gasteiger partial charge in [-0.05, 0) is 38.1 Å². The largest absolute Gasteiger partial charge is 0.507 e. The fourth-order valence-electron chi connectivity index (χ4n) is 2.29. The van der Waals surface area contributed by atoms with Gasteiger partial charge >= 0.3 is 0 Å². The molecule has 6 heteroatoms. The van der Waals surface area contributed by atoms with E-state index in [0.29, 0.717) is 5.56 Å². The molecule has 0 saturated heterocycles. The van der Waals surface area contributed by atoms with Gasteiger partial charge < -0.3 is 10.0 Å². The van der Waals surface area contributed by atoms with Crippen LogP contribution in [-0.4, -0.2) is 30.3 Å². The zero-order chi connectivity index (χ0) is 17.5. The Labute approximate surface area is 140 Å². The van der Waals surface area contributed by atoms with Crippen molar-refractivity contribution in [2.75, 3.05) is 18.0 Å². The minimum Gasteiger partial charge on any atom is -0.507 e. The van der Waals surface area contributed by atoms with Crippen LogP contribution in [0.2, 0.25) is 0 Å². The number of carbonyl (C=O) groups is 1. The highest BCUT2D eigenvalue weighted by molar-refractivity contribution is 5.95. The van der Waals surface area contributed by atoms with Crippen molar-refractivity contribution < 1.29 is 14.3 Å². The number of halogens is 1. The summed E-state index contributed by atoms with van der Waals surface area (Å²) in [5.74, 6) is -1.21. The van der Waals surface area contributed by atoms with E-state index >= 15 is 0 Å². The molecule has 0 bridgehead atoms. The smallest absolute Gasteiger partial charge is 0.274 e. The number of hydrogen-bond acceptors (Lipinski definition) is 4. The van der Waals surface area contributed by atoms with E-state index in [1.807, 2.05) is 19.9 Å². The Morgan fingerprint density at radius 1 is 1.25 bits per heavy atom. The molecule has 0 fully saturated rings. The van der Waals surface area contributed by atoms with E-state index in [0.717, 1.165) is 18.8 Å². The lowest BCUT2D eigenvalue weighted by atomic mass is 10.2. The van der Waals surface area contributed by atoms with E-state index in [1.54, 1.807) is 18.2 Å². The number of nitrogens with zero attached hydrogens (tertiary/aromatic N) is 2. The van der Waals surface area contributed by atoms with Crippen LogP contribution in [0.4, 0.5) is 10.1 Å². The molecule has 0 radical (unpaired) electrons. The molecule has 0 unspecified atom stereocenters. The van der Waals surface area contributed by atoms with Crippen LogP contribution >= 0.6 is 0 Å². The van der Waals surface area contributed by atoms with Crippen LogP contribution in [0.15, 0.2) is 47.6 Å². The molecule has 5 nitrogen and oxygen atoms in total. The normalized spacial score (nSPS) is 10.8. The number of hydrogen-bond donors (Lipinski definition) is 2. The molecule has 0 atom stereocenters. The van der Waals surface area contributed by atoms with Crippen LogP contribution in [0.25, 0.3) is 0 Å². The molecule has 0 aliphatic carbocycles. The number of benzene rings is 2. The number of aromatic hydroxyl groups is 1. The van der Waals surface area contributed by atoms with Crippen LogP contribution in [0.3, 0.4) is 0 Å². The Balaban J connectivity index is 2.07. The van der Waals surface area contributed by atoms with Crippen LogP contribution < -0.4 is 10.3 Å². The van der Waals surface area contributed by atoms with Gasteiger partial charge in [-0.2, -0.15) is 5.10 Å². The van der Waals surface area contributed by atoms with Crippen LogP contribution in [-0.2, 0) is 0 Å². The van der Waals surface area contributed by atoms with E-state index < -0.39 is 11.7 Å². The van der Waals surface area contributed by atoms with Gasteiger partial charge in [0.1, 0.15) is 11.6 Å². The van der Waals surface area contributed by atoms with Gasteiger partial charge in [0.15, 0.2) is 0 Å². The third kappa shape index (κ3) is 4.10. The molecule has 0 heterocycles. The van der Waals surface area contributed by atoms with E-state index in [4.69, 9.17) is 0 Å². The van der Waals surface area contributed by atoms with Crippen molar-refractivity contribution in [3.05, 3.63) is 59.4 Å². The molecule has 0 spiro atoms. The second kappa shape index (κ2) is 8.10. The molecule has 2 aromatic rings.